The molecule has 2 aliphatic rings. The van der Waals surface area contributed by atoms with Crippen LogP contribution >= 0.6 is 11.6 Å². The van der Waals surface area contributed by atoms with Gasteiger partial charge in [-0.05, 0) is 43.6 Å². The number of benzene rings is 1. The zero-order valence-electron chi connectivity index (χ0n) is 16.6. The molecule has 29 heavy (non-hydrogen) atoms. The van der Waals surface area contributed by atoms with Crippen LogP contribution in [0.3, 0.4) is 0 Å². The van der Waals surface area contributed by atoms with Gasteiger partial charge in [0.1, 0.15) is 0 Å². The van der Waals surface area contributed by atoms with Gasteiger partial charge in [-0.25, -0.2) is 17.5 Å². The molecule has 2 saturated carbocycles. The molecule has 0 aromatic heterocycles. The number of nitrogens with one attached hydrogen (secondary N) is 1. The first-order chi connectivity index (χ1) is 13.5. The minimum Gasteiger partial charge on any atom is -0.488 e. The van der Waals surface area contributed by atoms with Gasteiger partial charge in [-0.1, -0.05) is 37.8 Å². The Kier molecular flexibility index (Phi) is 6.44. The molecule has 0 saturated heterocycles. The van der Waals surface area contributed by atoms with E-state index >= 15 is 0 Å². The van der Waals surface area contributed by atoms with Crippen LogP contribution in [-0.4, -0.2) is 27.2 Å². The number of halogens is 3. The zero-order valence-corrected chi connectivity index (χ0v) is 18.1. The second-order valence-electron chi connectivity index (χ2n) is 8.52. The number of hydrogen-bond acceptors (Lipinski definition) is 4. The van der Waals surface area contributed by atoms with E-state index in [1.165, 1.54) is 25.7 Å². The van der Waals surface area contributed by atoms with Crippen molar-refractivity contribution in [2.45, 2.75) is 51.9 Å². The first-order valence-corrected chi connectivity index (χ1v) is 12.1. The fourth-order valence-corrected chi connectivity index (χ4v) is 5.61. The van der Waals surface area contributed by atoms with Gasteiger partial charge in [0.15, 0.2) is 11.6 Å². The number of carbonyl (C=O) groups is 1. The molecule has 1 aromatic rings. The summed E-state index contributed by atoms with van der Waals surface area (Å²) in [6, 6.07) is 0.893. The molecule has 2 fully saturated rings. The van der Waals surface area contributed by atoms with Gasteiger partial charge in [-0.2, -0.15) is 4.39 Å². The standard InChI is InChI=1S/C20H26ClF2NO4S/c1-3-20(9-12-5-4-6-13(7-12)10-20)11-28-18-15(21)8-14(16(22)17(18)23)19(25)24-29(2,26)27/h8,12-13H,3-7,9-11H2,1-2H3,(H,24,25). The summed E-state index contributed by atoms with van der Waals surface area (Å²) in [5, 5.41) is -0.273. The number of carbonyl (C=O) groups excluding carboxylic acids is 1. The third-order valence-electron chi connectivity index (χ3n) is 6.25. The Balaban J connectivity index is 1.81. The van der Waals surface area contributed by atoms with Crippen molar-refractivity contribution >= 4 is 27.5 Å². The van der Waals surface area contributed by atoms with Gasteiger partial charge in [0.25, 0.3) is 5.91 Å². The fourth-order valence-electron chi connectivity index (χ4n) is 4.91. The van der Waals surface area contributed by atoms with E-state index in [0.29, 0.717) is 11.8 Å². The molecule has 2 unspecified atom stereocenters. The Morgan fingerprint density at radius 3 is 2.45 bits per heavy atom. The van der Waals surface area contributed by atoms with Crippen molar-refractivity contribution in [3.8, 4) is 5.75 Å². The predicted octanol–water partition coefficient (Wildman–Crippen LogP) is 4.68. The van der Waals surface area contributed by atoms with Crippen LogP contribution in [0.25, 0.3) is 0 Å². The van der Waals surface area contributed by atoms with Crippen molar-refractivity contribution < 1.29 is 26.7 Å². The van der Waals surface area contributed by atoms with Gasteiger partial charge in [-0.3, -0.25) is 4.79 Å². The predicted molar refractivity (Wildman–Crippen MR) is 107 cm³/mol. The Morgan fingerprint density at radius 2 is 1.90 bits per heavy atom. The molecule has 1 aromatic carbocycles. The van der Waals surface area contributed by atoms with Gasteiger partial charge < -0.3 is 4.74 Å². The highest BCUT2D eigenvalue weighted by Gasteiger charge is 2.42. The van der Waals surface area contributed by atoms with E-state index in [-0.39, 0.29) is 17.0 Å². The van der Waals surface area contributed by atoms with Crippen molar-refractivity contribution in [3.63, 3.8) is 0 Å². The van der Waals surface area contributed by atoms with E-state index < -0.39 is 38.9 Å². The van der Waals surface area contributed by atoms with Crippen LogP contribution in [0.15, 0.2) is 6.07 Å². The molecule has 0 spiro atoms. The number of ether oxygens (including phenoxy) is 1. The first-order valence-electron chi connectivity index (χ1n) is 9.86. The van der Waals surface area contributed by atoms with Crippen molar-refractivity contribution in [2.75, 3.05) is 12.9 Å². The fraction of sp³-hybridized carbons (Fsp3) is 0.650. The number of hydrogen-bond donors (Lipinski definition) is 1. The summed E-state index contributed by atoms with van der Waals surface area (Å²) in [4.78, 5) is 11.9. The molecule has 162 valence electrons. The number of fused-ring (bicyclic) bond motifs is 2. The molecule has 1 amide bonds. The Morgan fingerprint density at radius 1 is 1.28 bits per heavy atom. The van der Waals surface area contributed by atoms with Gasteiger partial charge in [0.05, 0.1) is 23.4 Å². The molecule has 3 rings (SSSR count). The van der Waals surface area contributed by atoms with Crippen LogP contribution in [0.4, 0.5) is 8.78 Å². The third kappa shape index (κ3) is 5.02. The van der Waals surface area contributed by atoms with Gasteiger partial charge >= 0.3 is 0 Å². The largest absolute Gasteiger partial charge is 0.488 e. The van der Waals surface area contributed by atoms with Gasteiger partial charge in [0.2, 0.25) is 15.8 Å². The third-order valence-corrected chi connectivity index (χ3v) is 7.08. The molecule has 2 aliphatic carbocycles. The van der Waals surface area contributed by atoms with Gasteiger partial charge in [-0.15, -0.1) is 0 Å². The lowest BCUT2D eigenvalue weighted by Crippen LogP contribution is -2.39. The Hall–Kier alpha value is -1.41. The van der Waals surface area contributed by atoms with E-state index in [9.17, 15) is 22.0 Å². The van der Waals surface area contributed by atoms with E-state index in [1.807, 2.05) is 0 Å². The maximum atomic E-state index is 14.6. The van der Waals surface area contributed by atoms with E-state index in [1.54, 1.807) is 4.72 Å². The average molecular weight is 450 g/mol. The second kappa shape index (κ2) is 8.38. The maximum absolute atomic E-state index is 14.6. The summed E-state index contributed by atoms with van der Waals surface area (Å²) in [6.07, 6.45) is 8.48. The molecule has 1 N–H and O–H groups in total. The molecule has 2 atom stereocenters. The molecule has 0 radical (unpaired) electrons. The van der Waals surface area contributed by atoms with E-state index in [2.05, 4.69) is 6.92 Å². The highest BCUT2D eigenvalue weighted by Crippen LogP contribution is 2.50. The van der Waals surface area contributed by atoms with Crippen LogP contribution in [0.1, 0.15) is 62.2 Å². The summed E-state index contributed by atoms with van der Waals surface area (Å²) in [5.41, 5.74) is -0.894. The number of rotatable bonds is 6. The molecule has 0 heterocycles. The van der Waals surface area contributed by atoms with E-state index in [0.717, 1.165) is 31.6 Å². The lowest BCUT2D eigenvalue weighted by Gasteiger charge is -2.46. The Bertz CT molecular complexity index is 894. The van der Waals surface area contributed by atoms with Crippen LogP contribution in [0.2, 0.25) is 5.02 Å². The first kappa shape index (κ1) is 22.3. The average Bonchev–Trinajstić information content (AvgIpc) is 2.63. The van der Waals surface area contributed by atoms with E-state index in [4.69, 9.17) is 16.3 Å². The van der Waals surface area contributed by atoms with Crippen molar-refractivity contribution in [3.05, 3.63) is 28.3 Å². The van der Waals surface area contributed by atoms with Crippen LogP contribution in [0.5, 0.6) is 5.75 Å². The van der Waals surface area contributed by atoms with Crippen molar-refractivity contribution in [1.82, 2.24) is 4.72 Å². The van der Waals surface area contributed by atoms with Crippen molar-refractivity contribution in [1.29, 1.82) is 0 Å². The maximum Gasteiger partial charge on any atom is 0.267 e. The van der Waals surface area contributed by atoms with Gasteiger partial charge in [0, 0.05) is 5.41 Å². The minimum absolute atomic E-state index is 0.105. The molecule has 0 aliphatic heterocycles. The molecule has 9 heteroatoms. The summed E-state index contributed by atoms with van der Waals surface area (Å²) in [5.74, 6) is -3.32. The minimum atomic E-state index is -3.93. The molecule has 5 nitrogen and oxygen atoms in total. The molecular weight excluding hydrogens is 424 g/mol. The number of amides is 1. The van der Waals surface area contributed by atoms with Crippen LogP contribution in [-0.2, 0) is 10.0 Å². The number of sulfonamides is 1. The smallest absolute Gasteiger partial charge is 0.267 e. The molecular formula is C20H26ClF2NO4S. The summed E-state index contributed by atoms with van der Waals surface area (Å²) in [7, 11) is -3.93. The molecule has 2 bridgehead atoms. The van der Waals surface area contributed by atoms with Crippen molar-refractivity contribution in [2.24, 2.45) is 17.3 Å². The highest BCUT2D eigenvalue weighted by atomic mass is 35.5. The SMILES string of the molecule is CCC1(COc2c(Cl)cc(C(=O)NS(C)(=O)=O)c(F)c2F)CC2CCCC(C2)C1. The summed E-state index contributed by atoms with van der Waals surface area (Å²) in [6.45, 7) is 2.31. The highest BCUT2D eigenvalue weighted by molar-refractivity contribution is 7.89. The van der Waals surface area contributed by atoms with Crippen LogP contribution in [0, 0.1) is 28.9 Å². The van der Waals surface area contributed by atoms with Crippen LogP contribution < -0.4 is 9.46 Å². The summed E-state index contributed by atoms with van der Waals surface area (Å²) < 4.78 is 58.7. The summed E-state index contributed by atoms with van der Waals surface area (Å²) >= 11 is 6.06. The zero-order chi connectivity index (χ0) is 21.4. The normalized spacial score (nSPS) is 26.8. The lowest BCUT2D eigenvalue weighted by atomic mass is 9.60. The quantitative estimate of drug-likeness (QED) is 0.640. The monoisotopic (exact) mass is 449 g/mol. The topological polar surface area (TPSA) is 72.5 Å². The second-order valence-corrected chi connectivity index (χ2v) is 10.7. The Labute approximate surface area is 175 Å². The lowest BCUT2D eigenvalue weighted by molar-refractivity contribution is 0.0119.